The molecule has 3 heterocycles. The van der Waals surface area contributed by atoms with Gasteiger partial charge in [-0.2, -0.15) is 0 Å². The quantitative estimate of drug-likeness (QED) is 0.669. The van der Waals surface area contributed by atoms with Crippen molar-refractivity contribution in [1.82, 2.24) is 0 Å². The third-order valence-corrected chi connectivity index (χ3v) is 6.11. The zero-order valence-electron chi connectivity index (χ0n) is 12.4. The molecule has 0 N–H and O–H groups in total. The minimum Gasteiger partial charge on any atom is -0.466 e. The molecular formula is C16H24O3. The maximum Gasteiger partial charge on any atom is 0.232 e. The molecule has 0 aromatic heterocycles. The van der Waals surface area contributed by atoms with Crippen molar-refractivity contribution < 1.29 is 14.2 Å². The third-order valence-electron chi connectivity index (χ3n) is 6.11. The predicted octanol–water partition coefficient (Wildman–Crippen LogP) is 3.59. The number of ether oxygens (including phenoxy) is 3. The molecule has 0 amide bonds. The highest BCUT2D eigenvalue weighted by Crippen LogP contribution is 2.62. The largest absolute Gasteiger partial charge is 0.466 e. The average Bonchev–Trinajstić information content (AvgIpc) is 2.56. The molecule has 4 rings (SSSR count). The van der Waals surface area contributed by atoms with E-state index in [-0.39, 0.29) is 11.9 Å². The molecule has 0 aromatic carbocycles. The van der Waals surface area contributed by atoms with E-state index >= 15 is 0 Å². The summed E-state index contributed by atoms with van der Waals surface area (Å²) >= 11 is 0. The van der Waals surface area contributed by atoms with E-state index < -0.39 is 5.79 Å². The van der Waals surface area contributed by atoms with Gasteiger partial charge in [-0.05, 0) is 57.4 Å². The Morgan fingerprint density at radius 2 is 1.95 bits per heavy atom. The second kappa shape index (κ2) is 3.56. The van der Waals surface area contributed by atoms with E-state index in [9.17, 15) is 0 Å². The summed E-state index contributed by atoms with van der Waals surface area (Å²) in [4.78, 5) is 0. The number of hydrogen-bond acceptors (Lipinski definition) is 3. The Morgan fingerprint density at radius 3 is 2.74 bits per heavy atom. The molecule has 0 aromatic rings. The zero-order valence-corrected chi connectivity index (χ0v) is 12.4. The molecular weight excluding hydrogens is 240 g/mol. The van der Waals surface area contributed by atoms with Crippen LogP contribution in [-0.2, 0) is 14.2 Å². The fraction of sp³-hybridized carbons (Fsp3) is 0.875. The minimum atomic E-state index is -0.429. The fourth-order valence-corrected chi connectivity index (χ4v) is 5.02. The molecule has 0 unspecified atom stereocenters. The van der Waals surface area contributed by atoms with Crippen molar-refractivity contribution in [3.63, 3.8) is 0 Å². The van der Waals surface area contributed by atoms with E-state index in [4.69, 9.17) is 14.2 Å². The lowest BCUT2D eigenvalue weighted by Gasteiger charge is -2.55. The second-order valence-corrected chi connectivity index (χ2v) is 7.15. The molecule has 3 aliphatic heterocycles. The minimum absolute atomic E-state index is 0.193. The monoisotopic (exact) mass is 264 g/mol. The van der Waals surface area contributed by atoms with Crippen LogP contribution in [0, 0.1) is 17.8 Å². The van der Waals surface area contributed by atoms with E-state index in [2.05, 4.69) is 27.7 Å². The Morgan fingerprint density at radius 1 is 1.16 bits per heavy atom. The molecule has 6 atom stereocenters. The Kier molecular flexibility index (Phi) is 2.29. The highest BCUT2D eigenvalue weighted by atomic mass is 16.8. The van der Waals surface area contributed by atoms with E-state index in [1.54, 1.807) is 0 Å². The van der Waals surface area contributed by atoms with Gasteiger partial charge in [-0.25, -0.2) is 0 Å². The van der Waals surface area contributed by atoms with Crippen molar-refractivity contribution in [3.05, 3.63) is 11.3 Å². The summed E-state index contributed by atoms with van der Waals surface area (Å²) in [6, 6.07) is 0. The van der Waals surface area contributed by atoms with Crippen LogP contribution in [-0.4, -0.2) is 17.7 Å². The fourth-order valence-electron chi connectivity index (χ4n) is 5.02. The third kappa shape index (κ3) is 1.36. The van der Waals surface area contributed by atoms with Crippen LogP contribution >= 0.6 is 0 Å². The summed E-state index contributed by atoms with van der Waals surface area (Å²) in [6.45, 7) is 8.74. The van der Waals surface area contributed by atoms with Gasteiger partial charge in [0.1, 0.15) is 5.60 Å². The Hall–Kier alpha value is -0.540. The SMILES string of the molecule is CC1=C(C)[C@@H]2CC[C@@H](C)[C@@H]3CC[C@]4(C)O[C@@H](O1)[C@]23O4. The zero-order chi connectivity index (χ0) is 13.4. The molecule has 3 nitrogen and oxygen atoms in total. The molecule has 1 saturated carbocycles. The van der Waals surface area contributed by atoms with Crippen LogP contribution in [0.5, 0.6) is 0 Å². The van der Waals surface area contributed by atoms with Crippen molar-refractivity contribution >= 4 is 0 Å². The van der Waals surface area contributed by atoms with Gasteiger partial charge in [-0.15, -0.1) is 0 Å². The number of hydrogen-bond donors (Lipinski definition) is 0. The van der Waals surface area contributed by atoms with Crippen molar-refractivity contribution in [2.75, 3.05) is 0 Å². The highest BCUT2D eigenvalue weighted by Gasteiger charge is 2.70. The van der Waals surface area contributed by atoms with E-state index in [0.29, 0.717) is 17.8 Å². The smallest absolute Gasteiger partial charge is 0.232 e. The number of fused-ring (bicyclic) bond motifs is 1. The number of allylic oxidation sites excluding steroid dienone is 1. The molecule has 3 fully saturated rings. The van der Waals surface area contributed by atoms with E-state index in [1.165, 1.54) is 24.8 Å². The number of rotatable bonds is 0. The van der Waals surface area contributed by atoms with Crippen LogP contribution in [0.4, 0.5) is 0 Å². The van der Waals surface area contributed by atoms with Gasteiger partial charge in [0, 0.05) is 12.3 Å². The molecule has 1 aliphatic carbocycles. The van der Waals surface area contributed by atoms with Crippen molar-refractivity contribution in [2.45, 2.75) is 71.1 Å². The molecule has 3 heteroatoms. The Labute approximate surface area is 115 Å². The second-order valence-electron chi connectivity index (χ2n) is 7.15. The summed E-state index contributed by atoms with van der Waals surface area (Å²) < 4.78 is 18.9. The van der Waals surface area contributed by atoms with Crippen LogP contribution in [0.2, 0.25) is 0 Å². The molecule has 2 saturated heterocycles. The molecule has 4 aliphatic rings. The highest BCUT2D eigenvalue weighted by molar-refractivity contribution is 5.24. The first-order chi connectivity index (χ1) is 8.96. The Balaban J connectivity index is 1.87. The first kappa shape index (κ1) is 12.2. The van der Waals surface area contributed by atoms with Gasteiger partial charge in [0.2, 0.25) is 6.29 Å². The van der Waals surface area contributed by atoms with E-state index in [1.807, 2.05) is 0 Å². The van der Waals surface area contributed by atoms with E-state index in [0.717, 1.165) is 12.2 Å². The summed E-state index contributed by atoms with van der Waals surface area (Å²) in [5, 5.41) is 0. The van der Waals surface area contributed by atoms with Crippen molar-refractivity contribution in [2.24, 2.45) is 17.8 Å². The lowest BCUT2D eigenvalue weighted by molar-refractivity contribution is -0.243. The summed E-state index contributed by atoms with van der Waals surface area (Å²) in [5.41, 5.74) is 1.16. The molecule has 1 spiro atoms. The summed E-state index contributed by atoms with van der Waals surface area (Å²) in [7, 11) is 0. The topological polar surface area (TPSA) is 27.7 Å². The van der Waals surface area contributed by atoms with Gasteiger partial charge in [0.05, 0.1) is 5.76 Å². The van der Waals surface area contributed by atoms with Gasteiger partial charge in [0.25, 0.3) is 0 Å². The van der Waals surface area contributed by atoms with Crippen molar-refractivity contribution in [1.29, 1.82) is 0 Å². The first-order valence-corrected chi connectivity index (χ1v) is 7.68. The van der Waals surface area contributed by atoms with Gasteiger partial charge in [-0.3, -0.25) is 0 Å². The van der Waals surface area contributed by atoms with Crippen molar-refractivity contribution in [3.8, 4) is 0 Å². The summed E-state index contributed by atoms with van der Waals surface area (Å²) in [5.74, 6) is 2.39. The van der Waals surface area contributed by atoms with Crippen LogP contribution < -0.4 is 0 Å². The standard InChI is InChI=1S/C16H24O3/c1-9-5-6-13-10(2)11(3)17-14-16(13)12(9)7-8-15(4,18-14)19-16/h9,12-14H,5-8H2,1-4H3/t9-,12+,13+,14-,15-,16-/m1/s1. The maximum atomic E-state index is 6.55. The normalized spacial score (nSPS) is 55.8. The molecule has 2 bridgehead atoms. The lowest BCUT2D eigenvalue weighted by Crippen LogP contribution is -2.61. The van der Waals surface area contributed by atoms with Gasteiger partial charge in [0.15, 0.2) is 5.79 Å². The predicted molar refractivity (Wildman–Crippen MR) is 71.2 cm³/mol. The molecule has 0 radical (unpaired) electrons. The summed E-state index contributed by atoms with van der Waals surface area (Å²) in [6.07, 6.45) is 4.52. The molecule has 106 valence electrons. The van der Waals surface area contributed by atoms with Gasteiger partial charge >= 0.3 is 0 Å². The molecule has 19 heavy (non-hydrogen) atoms. The lowest BCUT2D eigenvalue weighted by atomic mass is 9.58. The maximum absolute atomic E-state index is 6.55. The van der Waals surface area contributed by atoms with Crippen LogP contribution in [0.15, 0.2) is 11.3 Å². The van der Waals surface area contributed by atoms with Crippen LogP contribution in [0.1, 0.15) is 53.4 Å². The van der Waals surface area contributed by atoms with Crippen LogP contribution in [0.25, 0.3) is 0 Å². The average molecular weight is 264 g/mol. The van der Waals surface area contributed by atoms with Crippen LogP contribution in [0.3, 0.4) is 0 Å². The first-order valence-electron chi connectivity index (χ1n) is 7.68. The van der Waals surface area contributed by atoms with Gasteiger partial charge in [-0.1, -0.05) is 6.92 Å². The Bertz CT molecular complexity index is 457. The van der Waals surface area contributed by atoms with Gasteiger partial charge < -0.3 is 14.2 Å².